The maximum absolute atomic E-state index is 10.8. The Labute approximate surface area is 176 Å². The molecule has 1 heterocycles. The van der Waals surface area contributed by atoms with Crippen molar-refractivity contribution in [3.8, 4) is 0 Å². The first-order valence-corrected chi connectivity index (χ1v) is 11.0. The minimum Gasteiger partial charge on any atom is -0.387 e. The Bertz CT molecular complexity index is 609. The van der Waals surface area contributed by atoms with Crippen molar-refractivity contribution in [2.75, 3.05) is 52.5 Å². The average Bonchev–Trinajstić information content (AvgIpc) is 2.74. The zero-order valence-corrected chi connectivity index (χ0v) is 18.7. The Kier molecular flexibility index (Phi) is 9.40. The van der Waals surface area contributed by atoms with Crippen LogP contribution in [-0.4, -0.2) is 74.0 Å². The molecular formula is C23H40N4O2. The van der Waals surface area contributed by atoms with Gasteiger partial charge in [-0.3, -0.25) is 9.89 Å². The molecule has 1 fully saturated rings. The van der Waals surface area contributed by atoms with Crippen LogP contribution in [0.1, 0.15) is 46.1 Å². The fourth-order valence-electron chi connectivity index (χ4n) is 3.94. The number of morpholine rings is 1. The number of hydrogen-bond donors (Lipinski definition) is 3. The molecule has 164 valence electrons. The molecule has 0 aliphatic carbocycles. The highest BCUT2D eigenvalue weighted by molar-refractivity contribution is 5.79. The molecule has 6 nitrogen and oxygen atoms in total. The number of ether oxygens (including phenoxy) is 1. The molecule has 1 aliphatic rings. The highest BCUT2D eigenvalue weighted by Gasteiger charge is 2.29. The lowest BCUT2D eigenvalue weighted by atomic mass is 9.76. The molecule has 0 radical (unpaired) electrons. The fourth-order valence-corrected chi connectivity index (χ4v) is 3.94. The van der Waals surface area contributed by atoms with E-state index in [1.807, 2.05) is 6.92 Å². The summed E-state index contributed by atoms with van der Waals surface area (Å²) >= 11 is 0. The summed E-state index contributed by atoms with van der Waals surface area (Å²) in [7, 11) is 0. The van der Waals surface area contributed by atoms with Crippen molar-refractivity contribution >= 4 is 5.96 Å². The molecule has 0 saturated carbocycles. The molecule has 1 saturated heterocycles. The van der Waals surface area contributed by atoms with E-state index >= 15 is 0 Å². The van der Waals surface area contributed by atoms with Gasteiger partial charge in [-0.1, -0.05) is 44.2 Å². The molecule has 1 aliphatic heterocycles. The van der Waals surface area contributed by atoms with Gasteiger partial charge in [0.05, 0.1) is 25.4 Å². The predicted molar refractivity (Wildman–Crippen MR) is 121 cm³/mol. The molecule has 29 heavy (non-hydrogen) atoms. The monoisotopic (exact) mass is 404 g/mol. The third-order valence-corrected chi connectivity index (χ3v) is 5.92. The summed E-state index contributed by atoms with van der Waals surface area (Å²) in [6.45, 7) is 14.2. The first-order valence-electron chi connectivity index (χ1n) is 11.0. The molecular weight excluding hydrogens is 364 g/mol. The highest BCUT2D eigenvalue weighted by atomic mass is 16.5. The Morgan fingerprint density at radius 1 is 1.10 bits per heavy atom. The number of benzene rings is 1. The summed E-state index contributed by atoms with van der Waals surface area (Å²) in [5.41, 5.74) is 0.548. The second-order valence-electron chi connectivity index (χ2n) is 8.29. The van der Waals surface area contributed by atoms with Gasteiger partial charge in [-0.15, -0.1) is 0 Å². The van der Waals surface area contributed by atoms with Gasteiger partial charge < -0.3 is 20.5 Å². The van der Waals surface area contributed by atoms with E-state index in [-0.39, 0.29) is 5.41 Å². The number of hydrogen-bond acceptors (Lipinski definition) is 4. The first kappa shape index (κ1) is 23.6. The smallest absolute Gasteiger partial charge is 0.191 e. The van der Waals surface area contributed by atoms with Crippen LogP contribution in [0.4, 0.5) is 0 Å². The zero-order chi connectivity index (χ0) is 21.2. The van der Waals surface area contributed by atoms with E-state index in [1.54, 1.807) is 0 Å². The zero-order valence-electron chi connectivity index (χ0n) is 18.7. The molecule has 0 bridgehead atoms. The van der Waals surface area contributed by atoms with Crippen molar-refractivity contribution in [2.45, 2.75) is 51.6 Å². The van der Waals surface area contributed by atoms with E-state index in [4.69, 9.17) is 9.73 Å². The van der Waals surface area contributed by atoms with Gasteiger partial charge in [0.25, 0.3) is 0 Å². The minimum atomic E-state index is -0.869. The van der Waals surface area contributed by atoms with E-state index < -0.39 is 5.60 Å². The normalized spacial score (nSPS) is 18.3. The van der Waals surface area contributed by atoms with Crippen LogP contribution in [0.3, 0.4) is 0 Å². The molecule has 1 atom stereocenters. The lowest BCUT2D eigenvalue weighted by molar-refractivity contribution is -0.0180. The minimum absolute atomic E-state index is 0.0633. The van der Waals surface area contributed by atoms with Crippen molar-refractivity contribution in [1.29, 1.82) is 0 Å². The van der Waals surface area contributed by atoms with Gasteiger partial charge in [0.1, 0.15) is 0 Å². The molecule has 0 amide bonds. The number of aliphatic imine (C=N–C) groups is 1. The number of nitrogens with one attached hydrogen (secondary N) is 2. The second-order valence-corrected chi connectivity index (χ2v) is 8.29. The Morgan fingerprint density at radius 3 is 2.34 bits per heavy atom. The van der Waals surface area contributed by atoms with Gasteiger partial charge >= 0.3 is 0 Å². The van der Waals surface area contributed by atoms with Crippen LogP contribution >= 0.6 is 0 Å². The quantitative estimate of drug-likeness (QED) is 0.413. The predicted octanol–water partition coefficient (Wildman–Crippen LogP) is 2.38. The number of guanidine groups is 1. The van der Waals surface area contributed by atoms with Crippen LogP contribution in [0.25, 0.3) is 0 Å². The van der Waals surface area contributed by atoms with Gasteiger partial charge in [0, 0.05) is 38.1 Å². The van der Waals surface area contributed by atoms with Gasteiger partial charge in [0.15, 0.2) is 5.96 Å². The lowest BCUT2D eigenvalue weighted by Gasteiger charge is -2.34. The van der Waals surface area contributed by atoms with Crippen molar-refractivity contribution in [3.63, 3.8) is 0 Å². The number of nitrogens with zero attached hydrogens (tertiary/aromatic N) is 2. The Morgan fingerprint density at radius 2 is 1.76 bits per heavy atom. The lowest BCUT2D eigenvalue weighted by Crippen LogP contribution is -2.49. The third kappa shape index (κ3) is 7.28. The van der Waals surface area contributed by atoms with Crippen LogP contribution in [-0.2, 0) is 10.2 Å². The van der Waals surface area contributed by atoms with E-state index in [0.717, 1.165) is 58.2 Å². The van der Waals surface area contributed by atoms with Crippen LogP contribution in [0, 0.1) is 0 Å². The third-order valence-electron chi connectivity index (χ3n) is 5.92. The number of aliphatic hydroxyl groups is 1. The SMILES string of the molecule is CCNC(=NCC(C)(O)CN1CCOCC1)NCC(CC)(CC)c1ccccc1. The fraction of sp³-hybridized carbons (Fsp3) is 0.696. The van der Waals surface area contributed by atoms with Gasteiger partial charge in [0.2, 0.25) is 0 Å². The second kappa shape index (κ2) is 11.5. The topological polar surface area (TPSA) is 69.1 Å². The molecule has 1 unspecified atom stereocenters. The standard InChI is InChI=1S/C23H40N4O2/c1-5-23(6-2,20-11-9-8-10-12-20)18-26-21(24-7-3)25-17-22(4,28)19-27-13-15-29-16-14-27/h8-12,28H,5-7,13-19H2,1-4H3,(H2,24,25,26). The summed E-state index contributed by atoms with van der Waals surface area (Å²) in [6, 6.07) is 10.7. The van der Waals surface area contributed by atoms with E-state index in [9.17, 15) is 5.11 Å². The molecule has 2 rings (SSSR count). The van der Waals surface area contributed by atoms with Gasteiger partial charge in [-0.05, 0) is 32.3 Å². The van der Waals surface area contributed by atoms with Crippen LogP contribution in [0.5, 0.6) is 0 Å². The largest absolute Gasteiger partial charge is 0.387 e. The van der Waals surface area contributed by atoms with Crippen LogP contribution in [0.15, 0.2) is 35.3 Å². The van der Waals surface area contributed by atoms with E-state index in [0.29, 0.717) is 13.1 Å². The highest BCUT2D eigenvalue weighted by Crippen LogP contribution is 2.30. The maximum Gasteiger partial charge on any atom is 0.191 e. The molecule has 1 aromatic carbocycles. The Balaban J connectivity index is 2.01. The van der Waals surface area contributed by atoms with Gasteiger partial charge in [-0.2, -0.15) is 0 Å². The van der Waals surface area contributed by atoms with Gasteiger partial charge in [-0.25, -0.2) is 0 Å². The van der Waals surface area contributed by atoms with Crippen LogP contribution < -0.4 is 10.6 Å². The molecule has 1 aromatic rings. The summed E-state index contributed by atoms with van der Waals surface area (Å²) < 4.78 is 5.39. The van der Waals surface area contributed by atoms with Crippen molar-refractivity contribution in [3.05, 3.63) is 35.9 Å². The molecule has 0 spiro atoms. The van der Waals surface area contributed by atoms with Crippen molar-refractivity contribution in [2.24, 2.45) is 4.99 Å². The number of rotatable bonds is 10. The molecule has 3 N–H and O–H groups in total. The summed E-state index contributed by atoms with van der Waals surface area (Å²) in [5, 5.41) is 17.7. The average molecular weight is 405 g/mol. The summed E-state index contributed by atoms with van der Waals surface area (Å²) in [5.74, 6) is 0.761. The first-order chi connectivity index (χ1) is 13.9. The van der Waals surface area contributed by atoms with Crippen LogP contribution in [0.2, 0.25) is 0 Å². The molecule has 0 aromatic heterocycles. The van der Waals surface area contributed by atoms with Crippen molar-refractivity contribution < 1.29 is 9.84 Å². The van der Waals surface area contributed by atoms with E-state index in [2.05, 4.69) is 66.6 Å². The summed E-state index contributed by atoms with van der Waals surface area (Å²) in [6.07, 6.45) is 2.10. The maximum atomic E-state index is 10.8. The Hall–Kier alpha value is -1.63. The van der Waals surface area contributed by atoms with Crippen molar-refractivity contribution in [1.82, 2.24) is 15.5 Å². The summed E-state index contributed by atoms with van der Waals surface area (Å²) in [4.78, 5) is 6.95. The van der Waals surface area contributed by atoms with E-state index in [1.165, 1.54) is 5.56 Å². The molecule has 6 heteroatoms. The number of β-amino-alcohol motifs (C(OH)–C–C–N with tert-alkyl or cyclic N) is 1.